The van der Waals surface area contributed by atoms with E-state index < -0.39 is 29.3 Å². The van der Waals surface area contributed by atoms with Crippen molar-refractivity contribution in [3.8, 4) is 0 Å². The Kier molecular flexibility index (Phi) is 6.08. The second kappa shape index (κ2) is 8.60. The van der Waals surface area contributed by atoms with Crippen LogP contribution in [0.15, 0.2) is 42.6 Å². The third-order valence-corrected chi connectivity index (χ3v) is 6.87. The smallest absolute Gasteiger partial charge is 0.278 e. The number of rotatable bonds is 6. The Morgan fingerprint density at radius 2 is 1.88 bits per heavy atom. The topological polar surface area (TPSA) is 41.1 Å². The Labute approximate surface area is 198 Å². The Bertz CT molecular complexity index is 1270. The summed E-state index contributed by atoms with van der Waals surface area (Å²) in [4.78, 5) is 11.3. The zero-order valence-electron chi connectivity index (χ0n) is 20.5. The molecule has 0 bridgehead atoms. The molecule has 3 aromatic rings. The van der Waals surface area contributed by atoms with Crippen molar-refractivity contribution in [3.63, 3.8) is 0 Å². The van der Waals surface area contributed by atoms with Crippen LogP contribution in [-0.4, -0.2) is 17.0 Å². The molecule has 2 aromatic carbocycles. The van der Waals surface area contributed by atoms with Crippen LogP contribution in [0.25, 0.3) is 10.9 Å². The lowest BCUT2D eigenvalue weighted by Gasteiger charge is -2.24. The van der Waals surface area contributed by atoms with Crippen molar-refractivity contribution in [1.82, 2.24) is 9.97 Å². The van der Waals surface area contributed by atoms with Crippen molar-refractivity contribution >= 4 is 22.4 Å². The molecule has 0 radical (unpaired) electrons. The van der Waals surface area contributed by atoms with E-state index in [0.717, 1.165) is 34.8 Å². The minimum absolute atomic E-state index is 0.167. The van der Waals surface area contributed by atoms with Crippen molar-refractivity contribution in [3.05, 3.63) is 70.9 Å². The Morgan fingerprint density at radius 3 is 2.53 bits per heavy atom. The summed E-state index contributed by atoms with van der Waals surface area (Å²) in [6, 6.07) is 7.67. The van der Waals surface area contributed by atoms with Crippen LogP contribution in [0.5, 0.6) is 0 Å². The highest BCUT2D eigenvalue weighted by Crippen LogP contribution is 2.46. The number of alkyl halides is 2. The van der Waals surface area contributed by atoms with Crippen LogP contribution < -0.4 is 10.2 Å². The number of benzene rings is 2. The number of nitrogens with zero attached hydrogens (tertiary/aromatic N) is 3. The van der Waals surface area contributed by atoms with Crippen molar-refractivity contribution in [2.24, 2.45) is 5.92 Å². The van der Waals surface area contributed by atoms with E-state index in [2.05, 4.69) is 39.8 Å². The molecular weight excluding hydrogens is 437 g/mol. The first kappa shape index (κ1) is 24.0. The monoisotopic (exact) mass is 468 g/mol. The maximum Gasteiger partial charge on any atom is 0.278 e. The molecule has 180 valence electrons. The zero-order valence-corrected chi connectivity index (χ0v) is 20.5. The number of aromatic nitrogens is 2. The summed E-state index contributed by atoms with van der Waals surface area (Å²) in [5.74, 6) is -3.83. The van der Waals surface area contributed by atoms with Gasteiger partial charge in [-0.25, -0.2) is 23.1 Å². The van der Waals surface area contributed by atoms with Gasteiger partial charge in [-0.2, -0.15) is 0 Å². The van der Waals surface area contributed by atoms with Gasteiger partial charge in [0.1, 0.15) is 17.5 Å². The molecule has 1 aromatic heterocycles. The molecule has 7 heteroatoms. The van der Waals surface area contributed by atoms with Crippen LogP contribution in [0.1, 0.15) is 68.6 Å². The fraction of sp³-hybridized carbons (Fsp3) is 0.407. The van der Waals surface area contributed by atoms with Crippen molar-refractivity contribution in [2.45, 2.75) is 58.9 Å². The standard InChI is InChI=1S/C27H31F3N4/c1-8-18-16(5)34(7)24-13-21-23(12-20(18)24)32-17(6)33-26(21)31-15(4)19-10-9-11-22(25(19)28)27(29,30)14(2)3/h9-15,18H,5,8H2,1-4,6-7H3,(H,31,32,33)/t15-,18?/m1/s1. The van der Waals surface area contributed by atoms with Crippen molar-refractivity contribution < 1.29 is 13.2 Å². The van der Waals surface area contributed by atoms with Gasteiger partial charge in [-0.15, -0.1) is 0 Å². The first-order valence-electron chi connectivity index (χ1n) is 11.6. The molecule has 1 N–H and O–H groups in total. The van der Waals surface area contributed by atoms with Crippen LogP contribution in [0.4, 0.5) is 24.7 Å². The largest absolute Gasteiger partial charge is 0.363 e. The van der Waals surface area contributed by atoms with E-state index >= 15 is 4.39 Å². The van der Waals surface area contributed by atoms with Crippen LogP contribution in [-0.2, 0) is 5.92 Å². The molecule has 1 unspecified atom stereocenters. The van der Waals surface area contributed by atoms with Gasteiger partial charge in [-0.3, -0.25) is 0 Å². The summed E-state index contributed by atoms with van der Waals surface area (Å²) >= 11 is 0. The first-order chi connectivity index (χ1) is 16.0. The molecule has 34 heavy (non-hydrogen) atoms. The summed E-state index contributed by atoms with van der Waals surface area (Å²) in [6.45, 7) is 12.7. The maximum atomic E-state index is 15.3. The molecule has 0 saturated heterocycles. The molecule has 4 nitrogen and oxygen atoms in total. The number of anilines is 2. The maximum absolute atomic E-state index is 15.3. The van der Waals surface area contributed by atoms with E-state index in [1.54, 1.807) is 13.8 Å². The second-order valence-electron chi connectivity index (χ2n) is 9.41. The van der Waals surface area contributed by atoms with Gasteiger partial charge < -0.3 is 10.2 Å². The van der Waals surface area contributed by atoms with Gasteiger partial charge in [-0.05, 0) is 38.0 Å². The number of halogens is 3. The van der Waals surface area contributed by atoms with Crippen molar-refractivity contribution in [2.75, 3.05) is 17.3 Å². The predicted octanol–water partition coefficient (Wildman–Crippen LogP) is 7.46. The van der Waals surface area contributed by atoms with Crippen LogP contribution in [0.3, 0.4) is 0 Å². The van der Waals surface area contributed by atoms with E-state index in [9.17, 15) is 8.78 Å². The second-order valence-corrected chi connectivity index (χ2v) is 9.41. The number of allylic oxidation sites excluding steroid dienone is 1. The zero-order chi connectivity index (χ0) is 24.9. The molecule has 0 amide bonds. The normalized spacial score (nSPS) is 16.9. The lowest BCUT2D eigenvalue weighted by Crippen LogP contribution is -2.24. The van der Waals surface area contributed by atoms with Gasteiger partial charge in [0.25, 0.3) is 5.92 Å². The molecule has 0 fully saturated rings. The van der Waals surface area contributed by atoms with Crippen LogP contribution in [0, 0.1) is 18.7 Å². The average Bonchev–Trinajstić information content (AvgIpc) is 3.01. The number of fused-ring (bicyclic) bond motifs is 2. The lowest BCUT2D eigenvalue weighted by atomic mass is 9.94. The number of nitrogens with one attached hydrogen (secondary N) is 1. The summed E-state index contributed by atoms with van der Waals surface area (Å²) in [5.41, 5.74) is 3.61. The molecule has 1 aliphatic rings. The highest BCUT2D eigenvalue weighted by atomic mass is 19.3. The van der Waals surface area contributed by atoms with Crippen molar-refractivity contribution in [1.29, 1.82) is 0 Å². The Hall–Kier alpha value is -3.09. The average molecular weight is 469 g/mol. The molecule has 0 aliphatic carbocycles. The van der Waals surface area contributed by atoms with Gasteiger partial charge in [0, 0.05) is 41.2 Å². The fourth-order valence-corrected chi connectivity index (χ4v) is 4.74. The molecule has 0 spiro atoms. The van der Waals surface area contributed by atoms with Crippen LogP contribution >= 0.6 is 0 Å². The summed E-state index contributed by atoms with van der Waals surface area (Å²) in [6.07, 6.45) is 0.935. The number of likely N-dealkylation sites (N-methyl/N-ethyl adjacent to an activating group) is 1. The quantitative estimate of drug-likeness (QED) is 0.408. The Morgan fingerprint density at radius 1 is 1.18 bits per heavy atom. The van der Waals surface area contributed by atoms with E-state index in [-0.39, 0.29) is 11.5 Å². The third kappa shape index (κ3) is 3.81. The number of hydrogen-bond donors (Lipinski definition) is 1. The van der Waals surface area contributed by atoms with Crippen LogP contribution in [0.2, 0.25) is 0 Å². The molecule has 2 heterocycles. The fourth-order valence-electron chi connectivity index (χ4n) is 4.74. The van der Waals surface area contributed by atoms with Gasteiger partial charge >= 0.3 is 0 Å². The predicted molar refractivity (Wildman–Crippen MR) is 132 cm³/mol. The molecule has 0 saturated carbocycles. The van der Waals surface area contributed by atoms with E-state index in [4.69, 9.17) is 0 Å². The highest BCUT2D eigenvalue weighted by Gasteiger charge is 2.39. The Balaban J connectivity index is 1.77. The van der Waals surface area contributed by atoms with E-state index in [1.807, 2.05) is 13.1 Å². The number of hydrogen-bond acceptors (Lipinski definition) is 4. The molecule has 1 aliphatic heterocycles. The molecule has 4 rings (SSSR count). The molecular formula is C27H31F3N4. The minimum Gasteiger partial charge on any atom is -0.363 e. The minimum atomic E-state index is -3.26. The third-order valence-electron chi connectivity index (χ3n) is 6.87. The van der Waals surface area contributed by atoms with Gasteiger partial charge in [-0.1, -0.05) is 45.5 Å². The summed E-state index contributed by atoms with van der Waals surface area (Å²) in [5, 5.41) is 4.04. The SMILES string of the molecule is C=C1C(CC)c2cc3nc(C)nc(N[C@H](C)c4cccc(C(F)(F)C(C)C)c4F)c3cc2N1C. The van der Waals surface area contributed by atoms with E-state index in [1.165, 1.54) is 31.5 Å². The van der Waals surface area contributed by atoms with Gasteiger partial charge in [0.2, 0.25) is 0 Å². The summed E-state index contributed by atoms with van der Waals surface area (Å²) < 4.78 is 44.5. The molecule has 2 atom stereocenters. The first-order valence-corrected chi connectivity index (χ1v) is 11.6. The lowest BCUT2D eigenvalue weighted by molar-refractivity contribution is -0.0545. The van der Waals surface area contributed by atoms with E-state index in [0.29, 0.717) is 11.6 Å². The van der Waals surface area contributed by atoms with Gasteiger partial charge in [0.15, 0.2) is 0 Å². The summed E-state index contributed by atoms with van der Waals surface area (Å²) in [7, 11) is 1.99. The highest BCUT2D eigenvalue weighted by molar-refractivity contribution is 5.94. The number of aryl methyl sites for hydroxylation is 1. The van der Waals surface area contributed by atoms with Gasteiger partial charge in [0.05, 0.1) is 17.1 Å².